The third-order valence-corrected chi connectivity index (χ3v) is 3.49. The number of urea groups is 1. The first-order valence-electron chi connectivity index (χ1n) is 6.12. The second-order valence-electron chi connectivity index (χ2n) is 4.03. The van der Waals surface area contributed by atoms with Gasteiger partial charge in [-0.2, -0.15) is 0 Å². The van der Waals surface area contributed by atoms with E-state index < -0.39 is 17.2 Å². The summed E-state index contributed by atoms with van der Waals surface area (Å²) in [5.74, 6) is 0.188. The Hall–Kier alpha value is -2.42. The zero-order chi connectivity index (χ0) is 15.2. The van der Waals surface area contributed by atoms with Crippen molar-refractivity contribution in [3.63, 3.8) is 0 Å². The van der Waals surface area contributed by atoms with Crippen molar-refractivity contribution in [3.05, 3.63) is 24.5 Å². The molecule has 2 heterocycles. The van der Waals surface area contributed by atoms with E-state index in [1.54, 1.807) is 31.5 Å². The molecule has 9 heteroatoms. The van der Waals surface area contributed by atoms with E-state index in [1.165, 1.54) is 7.05 Å². The van der Waals surface area contributed by atoms with Crippen molar-refractivity contribution < 1.29 is 9.59 Å². The van der Waals surface area contributed by atoms with Gasteiger partial charge in [-0.05, 0) is 19.1 Å². The van der Waals surface area contributed by atoms with Crippen LogP contribution in [0, 0.1) is 0 Å². The van der Waals surface area contributed by atoms with Crippen LogP contribution in [0.3, 0.4) is 0 Å². The summed E-state index contributed by atoms with van der Waals surface area (Å²) in [6.45, 7) is 1.67. The minimum atomic E-state index is -0.542. The maximum atomic E-state index is 11.7. The van der Waals surface area contributed by atoms with Crippen LogP contribution in [0.4, 0.5) is 4.79 Å². The van der Waals surface area contributed by atoms with Gasteiger partial charge in [0.25, 0.3) is 0 Å². The SMILES string of the molecule is CNC(=O)NC(=O)[C@H](C)Sc1n[nH]c(-c2ccncc2)n1. The fraction of sp³-hybridized carbons (Fsp3) is 0.250. The fourth-order valence-corrected chi connectivity index (χ4v) is 2.15. The molecular formula is C12H14N6O2S. The average Bonchev–Trinajstić information content (AvgIpc) is 2.96. The number of aromatic nitrogens is 4. The van der Waals surface area contributed by atoms with Gasteiger partial charge in [-0.15, -0.1) is 5.10 Å². The number of hydrogen-bond acceptors (Lipinski definition) is 6. The summed E-state index contributed by atoms with van der Waals surface area (Å²) in [6.07, 6.45) is 3.31. The minimum Gasteiger partial charge on any atom is -0.341 e. The van der Waals surface area contributed by atoms with Gasteiger partial charge in [0, 0.05) is 25.0 Å². The number of carbonyl (C=O) groups is 2. The molecule has 0 saturated carbocycles. The highest BCUT2D eigenvalue weighted by atomic mass is 32.2. The summed E-state index contributed by atoms with van der Waals surface area (Å²) < 4.78 is 0. The first-order chi connectivity index (χ1) is 10.1. The van der Waals surface area contributed by atoms with Crippen molar-refractivity contribution in [1.82, 2.24) is 30.8 Å². The number of amides is 3. The normalized spacial score (nSPS) is 11.7. The number of nitrogens with zero attached hydrogens (tertiary/aromatic N) is 3. The van der Waals surface area contributed by atoms with E-state index in [-0.39, 0.29) is 0 Å². The second-order valence-corrected chi connectivity index (χ2v) is 5.34. The quantitative estimate of drug-likeness (QED) is 0.720. The van der Waals surface area contributed by atoms with Gasteiger partial charge in [-0.1, -0.05) is 11.8 Å². The summed E-state index contributed by atoms with van der Waals surface area (Å²) >= 11 is 1.16. The van der Waals surface area contributed by atoms with Gasteiger partial charge >= 0.3 is 6.03 Å². The Balaban J connectivity index is 1.99. The van der Waals surface area contributed by atoms with Crippen LogP contribution in [-0.2, 0) is 4.79 Å². The maximum absolute atomic E-state index is 11.7. The number of H-pyrrole nitrogens is 1. The van der Waals surface area contributed by atoms with Crippen LogP contribution < -0.4 is 10.6 Å². The number of carbonyl (C=O) groups excluding carboxylic acids is 2. The lowest BCUT2D eigenvalue weighted by atomic mass is 10.3. The Bertz CT molecular complexity index is 630. The van der Waals surface area contributed by atoms with E-state index in [0.717, 1.165) is 17.3 Å². The van der Waals surface area contributed by atoms with Gasteiger partial charge in [0.2, 0.25) is 11.1 Å². The van der Waals surface area contributed by atoms with Crippen molar-refractivity contribution >= 4 is 23.7 Å². The standard InChI is InChI=1S/C12H14N6O2S/c1-7(10(19)16-11(20)13-2)21-12-15-9(17-18-12)8-3-5-14-6-4-8/h3-7H,1-2H3,(H,15,17,18)(H2,13,16,19,20)/t7-/m0/s1. The van der Waals surface area contributed by atoms with Gasteiger partial charge in [-0.3, -0.25) is 20.2 Å². The minimum absolute atomic E-state index is 0.408. The maximum Gasteiger partial charge on any atom is 0.321 e. The molecule has 3 N–H and O–H groups in total. The van der Waals surface area contributed by atoms with Gasteiger partial charge in [0.15, 0.2) is 5.82 Å². The summed E-state index contributed by atoms with van der Waals surface area (Å²) in [4.78, 5) is 31.0. The van der Waals surface area contributed by atoms with E-state index in [1.807, 2.05) is 0 Å². The van der Waals surface area contributed by atoms with Crippen LogP contribution in [0.2, 0.25) is 0 Å². The third kappa shape index (κ3) is 4.02. The van der Waals surface area contributed by atoms with Crippen molar-refractivity contribution in [1.29, 1.82) is 0 Å². The molecule has 0 radical (unpaired) electrons. The largest absolute Gasteiger partial charge is 0.341 e. The molecule has 0 aliphatic heterocycles. The number of rotatable bonds is 4. The van der Waals surface area contributed by atoms with E-state index in [0.29, 0.717) is 11.0 Å². The molecule has 0 saturated heterocycles. The zero-order valence-electron chi connectivity index (χ0n) is 11.5. The Morgan fingerprint density at radius 3 is 2.71 bits per heavy atom. The van der Waals surface area contributed by atoms with E-state index in [9.17, 15) is 9.59 Å². The lowest BCUT2D eigenvalue weighted by Gasteiger charge is -2.08. The first-order valence-corrected chi connectivity index (χ1v) is 7.00. The van der Waals surface area contributed by atoms with Gasteiger partial charge in [0.1, 0.15) is 0 Å². The predicted molar refractivity (Wildman–Crippen MR) is 77.5 cm³/mol. The Labute approximate surface area is 125 Å². The lowest BCUT2D eigenvalue weighted by Crippen LogP contribution is -2.41. The number of aromatic amines is 1. The molecular weight excluding hydrogens is 292 g/mol. The molecule has 1 atom stereocenters. The number of pyridine rings is 1. The van der Waals surface area contributed by atoms with Gasteiger partial charge in [0.05, 0.1) is 5.25 Å². The Morgan fingerprint density at radius 2 is 2.05 bits per heavy atom. The molecule has 3 amide bonds. The summed E-state index contributed by atoms with van der Waals surface area (Å²) in [7, 11) is 1.44. The number of nitrogens with one attached hydrogen (secondary N) is 3. The molecule has 2 aromatic rings. The van der Waals surface area contributed by atoms with Crippen molar-refractivity contribution in [2.24, 2.45) is 0 Å². The van der Waals surface area contributed by atoms with Crippen LogP contribution in [0.25, 0.3) is 11.4 Å². The third-order valence-electron chi connectivity index (χ3n) is 2.53. The van der Waals surface area contributed by atoms with Crippen LogP contribution in [0.15, 0.2) is 29.7 Å². The number of thioether (sulfide) groups is 1. The zero-order valence-corrected chi connectivity index (χ0v) is 12.3. The van der Waals surface area contributed by atoms with Crippen LogP contribution in [0.1, 0.15) is 6.92 Å². The topological polar surface area (TPSA) is 113 Å². The first kappa shape index (κ1) is 15.0. The van der Waals surface area contributed by atoms with Gasteiger partial charge < -0.3 is 5.32 Å². The summed E-state index contributed by atoms with van der Waals surface area (Å²) in [5, 5.41) is 11.3. The van der Waals surface area contributed by atoms with Crippen molar-refractivity contribution in [3.8, 4) is 11.4 Å². The Morgan fingerprint density at radius 1 is 1.33 bits per heavy atom. The molecule has 21 heavy (non-hydrogen) atoms. The second kappa shape index (κ2) is 6.84. The highest BCUT2D eigenvalue weighted by molar-refractivity contribution is 8.00. The summed E-state index contributed by atoms with van der Waals surface area (Å²) in [6, 6.07) is 3.06. The van der Waals surface area contributed by atoms with Crippen LogP contribution in [-0.4, -0.2) is 44.4 Å². The molecule has 2 aromatic heterocycles. The van der Waals surface area contributed by atoms with Crippen LogP contribution >= 0.6 is 11.8 Å². The molecule has 0 spiro atoms. The molecule has 0 fully saturated rings. The molecule has 0 unspecified atom stereocenters. The molecule has 0 aromatic carbocycles. The molecule has 2 rings (SSSR count). The number of imide groups is 1. The van der Waals surface area contributed by atoms with Crippen molar-refractivity contribution in [2.45, 2.75) is 17.3 Å². The Kier molecular flexibility index (Phi) is 4.88. The van der Waals surface area contributed by atoms with E-state index >= 15 is 0 Å². The molecule has 0 bridgehead atoms. The highest BCUT2D eigenvalue weighted by Gasteiger charge is 2.18. The smallest absolute Gasteiger partial charge is 0.321 e. The van der Waals surface area contributed by atoms with Crippen LogP contribution in [0.5, 0.6) is 0 Å². The van der Waals surface area contributed by atoms with E-state index in [4.69, 9.17) is 0 Å². The highest BCUT2D eigenvalue weighted by Crippen LogP contribution is 2.22. The number of hydrogen-bond donors (Lipinski definition) is 3. The monoisotopic (exact) mass is 306 g/mol. The van der Waals surface area contributed by atoms with E-state index in [2.05, 4.69) is 30.8 Å². The fourth-order valence-electron chi connectivity index (χ4n) is 1.43. The summed E-state index contributed by atoms with van der Waals surface area (Å²) in [5.41, 5.74) is 0.854. The molecule has 8 nitrogen and oxygen atoms in total. The van der Waals surface area contributed by atoms with Gasteiger partial charge in [-0.25, -0.2) is 9.78 Å². The molecule has 110 valence electrons. The lowest BCUT2D eigenvalue weighted by molar-refractivity contribution is -0.119. The molecule has 0 aliphatic carbocycles. The molecule has 0 aliphatic rings. The predicted octanol–water partition coefficient (Wildman–Crippen LogP) is 0.803. The van der Waals surface area contributed by atoms with Crippen molar-refractivity contribution in [2.75, 3.05) is 7.05 Å². The average molecular weight is 306 g/mol.